The normalized spacial score (nSPS) is 20.0. The highest BCUT2D eigenvalue weighted by atomic mass is 79.9. The molecule has 204 valence electrons. The molecule has 3 heterocycles. The van der Waals surface area contributed by atoms with Crippen molar-refractivity contribution in [2.24, 2.45) is 0 Å². The zero-order valence-electron chi connectivity index (χ0n) is 21.9. The molecule has 0 bridgehead atoms. The number of esters is 1. The molecule has 2 aromatic rings. The van der Waals surface area contributed by atoms with Crippen LogP contribution in [-0.4, -0.2) is 64.5 Å². The van der Waals surface area contributed by atoms with Gasteiger partial charge < -0.3 is 24.4 Å². The van der Waals surface area contributed by atoms with Crippen molar-refractivity contribution in [3.63, 3.8) is 0 Å². The Balaban J connectivity index is 1.43. The number of rotatable bonds is 7. The number of allylic oxidation sites excluding steroid dienone is 1. The lowest BCUT2D eigenvalue weighted by molar-refractivity contribution is -0.146. The zero-order chi connectivity index (χ0) is 26.6. The maximum Gasteiger partial charge on any atom is 0.338 e. The summed E-state index contributed by atoms with van der Waals surface area (Å²) in [4.78, 5) is 32.4. The molecule has 1 unspecified atom stereocenters. The number of methoxy groups -OCH3 is 1. The minimum atomic E-state index is -0.584. The van der Waals surface area contributed by atoms with Crippen molar-refractivity contribution >= 4 is 33.8 Å². The first kappa shape index (κ1) is 26.5. The molecule has 0 radical (unpaired) electrons. The summed E-state index contributed by atoms with van der Waals surface area (Å²) in [6.45, 7) is 3.30. The van der Waals surface area contributed by atoms with Crippen LogP contribution in [-0.2, 0) is 14.3 Å². The SMILES string of the molecule is COc1cc(C2C(C(=O)OC3CCCCC3)=C(C)Nc3ncnn32)cc(Br)c1OCC(=O)N1CCCCC1. The number of carbonyl (C=O) groups is 2. The third-order valence-corrected chi connectivity index (χ3v) is 8.05. The summed E-state index contributed by atoms with van der Waals surface area (Å²) in [5, 5.41) is 7.60. The van der Waals surface area contributed by atoms with Crippen molar-refractivity contribution in [1.29, 1.82) is 0 Å². The molecule has 1 N–H and O–H groups in total. The van der Waals surface area contributed by atoms with Gasteiger partial charge in [-0.25, -0.2) is 9.48 Å². The maximum absolute atomic E-state index is 13.5. The predicted molar refractivity (Wildman–Crippen MR) is 144 cm³/mol. The minimum Gasteiger partial charge on any atom is -0.493 e. The number of anilines is 1. The third-order valence-electron chi connectivity index (χ3n) is 7.46. The van der Waals surface area contributed by atoms with E-state index in [1.165, 1.54) is 12.7 Å². The minimum absolute atomic E-state index is 0.0420. The van der Waals surface area contributed by atoms with Crippen LogP contribution in [0.1, 0.15) is 69.9 Å². The zero-order valence-corrected chi connectivity index (χ0v) is 23.5. The molecule has 38 heavy (non-hydrogen) atoms. The molecule has 1 amide bonds. The Morgan fingerprint density at radius 1 is 1.11 bits per heavy atom. The lowest BCUT2D eigenvalue weighted by Gasteiger charge is -2.30. The van der Waals surface area contributed by atoms with Crippen molar-refractivity contribution in [3.05, 3.63) is 39.8 Å². The van der Waals surface area contributed by atoms with E-state index < -0.39 is 6.04 Å². The van der Waals surface area contributed by atoms with Crippen molar-refractivity contribution in [3.8, 4) is 11.5 Å². The summed E-state index contributed by atoms with van der Waals surface area (Å²) in [5.74, 6) is 1.000. The lowest BCUT2D eigenvalue weighted by Crippen LogP contribution is -2.38. The third kappa shape index (κ3) is 5.52. The van der Waals surface area contributed by atoms with E-state index in [0.717, 1.165) is 63.6 Å². The van der Waals surface area contributed by atoms with E-state index in [0.29, 0.717) is 33.2 Å². The quantitative estimate of drug-likeness (QED) is 0.468. The van der Waals surface area contributed by atoms with Gasteiger partial charge in [-0.1, -0.05) is 6.42 Å². The number of hydrogen-bond acceptors (Lipinski definition) is 8. The topological polar surface area (TPSA) is 108 Å². The second-order valence-electron chi connectivity index (χ2n) is 10.0. The van der Waals surface area contributed by atoms with Gasteiger partial charge in [0.05, 0.1) is 17.2 Å². The standard InChI is InChI=1S/C27H34BrN5O5/c1-17-23(26(35)38-19-9-5-3-6-10-19)24(33-27(31-17)29-16-30-33)18-13-20(28)25(21(14-18)36-2)37-15-22(34)32-11-7-4-8-12-32/h13-14,16,19,24H,3-12,15H2,1-2H3,(H,29,30,31). The molecule has 2 fully saturated rings. The second-order valence-corrected chi connectivity index (χ2v) is 10.9. The molecule has 1 aromatic carbocycles. The van der Waals surface area contributed by atoms with E-state index in [2.05, 4.69) is 31.3 Å². The van der Waals surface area contributed by atoms with Crippen LogP contribution in [0.2, 0.25) is 0 Å². The van der Waals surface area contributed by atoms with Crippen LogP contribution in [0.4, 0.5) is 5.95 Å². The monoisotopic (exact) mass is 587 g/mol. The Kier molecular flexibility index (Phi) is 8.21. The molecule has 3 aliphatic rings. The number of amides is 1. The Bertz CT molecular complexity index is 1220. The molecular weight excluding hydrogens is 554 g/mol. The van der Waals surface area contributed by atoms with Gasteiger partial charge in [-0.2, -0.15) is 10.1 Å². The fraction of sp³-hybridized carbons (Fsp3) is 0.556. The van der Waals surface area contributed by atoms with Crippen LogP contribution in [0.15, 0.2) is 34.2 Å². The van der Waals surface area contributed by atoms with Crippen molar-refractivity contribution < 1.29 is 23.8 Å². The van der Waals surface area contributed by atoms with Gasteiger partial charge in [0.15, 0.2) is 18.1 Å². The van der Waals surface area contributed by atoms with Gasteiger partial charge in [0.1, 0.15) is 18.5 Å². The number of carbonyl (C=O) groups excluding carboxylic acids is 2. The average Bonchev–Trinajstić information content (AvgIpc) is 3.40. The number of likely N-dealkylation sites (tertiary alicyclic amines) is 1. The number of piperidine rings is 1. The summed E-state index contributed by atoms with van der Waals surface area (Å²) in [5.41, 5.74) is 1.88. The molecule has 1 aliphatic carbocycles. The lowest BCUT2D eigenvalue weighted by atomic mass is 9.94. The number of halogens is 1. The second kappa shape index (κ2) is 11.8. The summed E-state index contributed by atoms with van der Waals surface area (Å²) in [7, 11) is 1.55. The van der Waals surface area contributed by atoms with Gasteiger partial charge in [-0.3, -0.25) is 4.79 Å². The van der Waals surface area contributed by atoms with Gasteiger partial charge >= 0.3 is 5.97 Å². The van der Waals surface area contributed by atoms with E-state index in [9.17, 15) is 9.59 Å². The first-order chi connectivity index (χ1) is 18.5. The highest BCUT2D eigenvalue weighted by molar-refractivity contribution is 9.10. The first-order valence-corrected chi connectivity index (χ1v) is 14.1. The van der Waals surface area contributed by atoms with Crippen LogP contribution < -0.4 is 14.8 Å². The predicted octanol–water partition coefficient (Wildman–Crippen LogP) is 4.61. The molecule has 1 saturated heterocycles. The smallest absolute Gasteiger partial charge is 0.338 e. The van der Waals surface area contributed by atoms with E-state index in [-0.39, 0.29) is 24.6 Å². The maximum atomic E-state index is 13.5. The average molecular weight is 589 g/mol. The number of nitrogens with one attached hydrogen (secondary N) is 1. The van der Waals surface area contributed by atoms with Crippen LogP contribution in [0.5, 0.6) is 11.5 Å². The molecule has 2 aliphatic heterocycles. The Morgan fingerprint density at radius 3 is 2.58 bits per heavy atom. The van der Waals surface area contributed by atoms with Gasteiger partial charge in [0.2, 0.25) is 5.95 Å². The molecular formula is C27H34BrN5O5. The summed E-state index contributed by atoms with van der Waals surface area (Å²) in [6, 6.07) is 3.10. The number of ether oxygens (including phenoxy) is 3. The van der Waals surface area contributed by atoms with E-state index >= 15 is 0 Å². The largest absolute Gasteiger partial charge is 0.493 e. The number of hydrogen-bond donors (Lipinski definition) is 1. The molecule has 5 rings (SSSR count). The molecule has 11 heteroatoms. The number of aromatic nitrogens is 3. The number of benzene rings is 1. The Labute approximate surface area is 230 Å². The fourth-order valence-corrected chi connectivity index (χ4v) is 6.04. The number of nitrogens with zero attached hydrogens (tertiary/aromatic N) is 4. The Hall–Kier alpha value is -3.08. The summed E-state index contributed by atoms with van der Waals surface area (Å²) in [6.07, 6.45) is 9.64. The van der Waals surface area contributed by atoms with Gasteiger partial charge in [-0.05, 0) is 85.5 Å². The van der Waals surface area contributed by atoms with Crippen molar-refractivity contribution in [2.75, 3.05) is 32.1 Å². The van der Waals surface area contributed by atoms with Crippen LogP contribution >= 0.6 is 15.9 Å². The van der Waals surface area contributed by atoms with Crippen LogP contribution in [0.3, 0.4) is 0 Å². The number of fused-ring (bicyclic) bond motifs is 1. The highest BCUT2D eigenvalue weighted by Gasteiger charge is 2.36. The molecule has 0 spiro atoms. The van der Waals surface area contributed by atoms with Crippen LogP contribution in [0, 0.1) is 0 Å². The fourth-order valence-electron chi connectivity index (χ4n) is 5.47. The molecule has 10 nitrogen and oxygen atoms in total. The van der Waals surface area contributed by atoms with Gasteiger partial charge in [0.25, 0.3) is 5.91 Å². The molecule has 1 aromatic heterocycles. The van der Waals surface area contributed by atoms with E-state index in [1.54, 1.807) is 11.8 Å². The molecule has 1 saturated carbocycles. The van der Waals surface area contributed by atoms with E-state index in [4.69, 9.17) is 14.2 Å². The van der Waals surface area contributed by atoms with Crippen molar-refractivity contribution in [1.82, 2.24) is 19.7 Å². The Morgan fingerprint density at radius 2 is 1.84 bits per heavy atom. The highest BCUT2D eigenvalue weighted by Crippen LogP contribution is 2.43. The summed E-state index contributed by atoms with van der Waals surface area (Å²) < 4.78 is 19.9. The summed E-state index contributed by atoms with van der Waals surface area (Å²) >= 11 is 3.61. The van der Waals surface area contributed by atoms with Crippen LogP contribution in [0.25, 0.3) is 0 Å². The first-order valence-electron chi connectivity index (χ1n) is 13.3. The van der Waals surface area contributed by atoms with Crippen molar-refractivity contribution in [2.45, 2.75) is 70.4 Å². The van der Waals surface area contributed by atoms with Gasteiger partial charge in [-0.15, -0.1) is 0 Å². The van der Waals surface area contributed by atoms with E-state index in [1.807, 2.05) is 24.0 Å². The van der Waals surface area contributed by atoms with Gasteiger partial charge in [0, 0.05) is 18.8 Å². The molecule has 1 atom stereocenters.